The molecule has 0 bridgehead atoms. The number of nitrogens with zero attached hydrogens (tertiary/aromatic N) is 1. The van der Waals surface area contributed by atoms with Crippen molar-refractivity contribution in [3.8, 4) is 0 Å². The van der Waals surface area contributed by atoms with Crippen LogP contribution in [0.15, 0.2) is 4.90 Å². The summed E-state index contributed by atoms with van der Waals surface area (Å²) in [7, 11) is 0. The van der Waals surface area contributed by atoms with Crippen LogP contribution >= 0.6 is 23.1 Å². The highest BCUT2D eigenvalue weighted by molar-refractivity contribution is 7.99. The molecule has 2 rings (SSSR count). The van der Waals surface area contributed by atoms with Gasteiger partial charge in [0, 0.05) is 32.7 Å². The predicted octanol–water partition coefficient (Wildman–Crippen LogP) is 1.21. The smallest absolute Gasteiger partial charge is 0.263 e. The van der Waals surface area contributed by atoms with E-state index in [2.05, 4.69) is 15.5 Å². The van der Waals surface area contributed by atoms with Crippen molar-refractivity contribution in [2.75, 3.05) is 49.6 Å². The SMILES string of the molecule is CCNC(=O)c1sc(N2CCNCC2)c(SC)c1N. The summed E-state index contributed by atoms with van der Waals surface area (Å²) >= 11 is 3.12. The predicted molar refractivity (Wildman–Crippen MR) is 83.6 cm³/mol. The maximum atomic E-state index is 12.0. The molecule has 0 radical (unpaired) electrons. The minimum atomic E-state index is -0.0679. The molecule has 7 heteroatoms. The molecule has 0 saturated carbocycles. The highest BCUT2D eigenvalue weighted by Crippen LogP contribution is 2.43. The molecule has 1 saturated heterocycles. The summed E-state index contributed by atoms with van der Waals surface area (Å²) in [4.78, 5) is 16.0. The van der Waals surface area contributed by atoms with E-state index in [9.17, 15) is 4.79 Å². The second kappa shape index (κ2) is 6.49. The number of rotatable bonds is 4. The average Bonchev–Trinajstić information content (AvgIpc) is 2.77. The average molecular weight is 300 g/mol. The van der Waals surface area contributed by atoms with Crippen molar-refractivity contribution in [2.24, 2.45) is 0 Å². The molecular weight excluding hydrogens is 280 g/mol. The van der Waals surface area contributed by atoms with Gasteiger partial charge in [-0.15, -0.1) is 23.1 Å². The van der Waals surface area contributed by atoms with Crippen molar-refractivity contribution in [3.63, 3.8) is 0 Å². The van der Waals surface area contributed by atoms with Crippen molar-refractivity contribution in [3.05, 3.63) is 4.88 Å². The number of nitrogens with two attached hydrogens (primary N) is 1. The largest absolute Gasteiger partial charge is 0.396 e. The summed E-state index contributed by atoms with van der Waals surface area (Å²) in [6.07, 6.45) is 2.01. The van der Waals surface area contributed by atoms with E-state index in [0.717, 1.165) is 36.1 Å². The number of thiophene rings is 1. The number of hydrogen-bond acceptors (Lipinski definition) is 6. The molecule has 1 aliphatic rings. The van der Waals surface area contributed by atoms with Crippen LogP contribution < -0.4 is 21.3 Å². The number of piperazine rings is 1. The van der Waals surface area contributed by atoms with Crippen molar-refractivity contribution < 1.29 is 4.79 Å². The lowest BCUT2D eigenvalue weighted by Gasteiger charge is -2.28. The highest BCUT2D eigenvalue weighted by atomic mass is 32.2. The minimum absolute atomic E-state index is 0.0679. The zero-order valence-electron chi connectivity index (χ0n) is 11.3. The Kier molecular flexibility index (Phi) is 4.95. The van der Waals surface area contributed by atoms with E-state index in [1.807, 2.05) is 13.2 Å². The molecule has 0 aromatic carbocycles. The van der Waals surface area contributed by atoms with Gasteiger partial charge in [-0.2, -0.15) is 0 Å². The normalized spacial score (nSPS) is 15.6. The van der Waals surface area contributed by atoms with Gasteiger partial charge >= 0.3 is 0 Å². The van der Waals surface area contributed by atoms with Gasteiger partial charge < -0.3 is 21.3 Å². The molecule has 19 heavy (non-hydrogen) atoms. The van der Waals surface area contributed by atoms with E-state index in [0.29, 0.717) is 17.1 Å². The van der Waals surface area contributed by atoms with Gasteiger partial charge in [-0.25, -0.2) is 0 Å². The molecule has 106 valence electrons. The molecule has 0 unspecified atom stereocenters. The fraction of sp³-hybridized carbons (Fsp3) is 0.583. The first-order chi connectivity index (χ1) is 9.19. The third kappa shape index (κ3) is 2.98. The number of anilines is 2. The Morgan fingerprint density at radius 1 is 1.53 bits per heavy atom. The lowest BCUT2D eigenvalue weighted by atomic mass is 10.3. The highest BCUT2D eigenvalue weighted by Gasteiger charge is 2.24. The summed E-state index contributed by atoms with van der Waals surface area (Å²) in [6, 6.07) is 0. The first-order valence-corrected chi connectivity index (χ1v) is 8.43. The van der Waals surface area contributed by atoms with Crippen LogP contribution in [0.25, 0.3) is 0 Å². The van der Waals surface area contributed by atoms with Gasteiger partial charge in [0.25, 0.3) is 5.91 Å². The third-order valence-electron chi connectivity index (χ3n) is 3.03. The van der Waals surface area contributed by atoms with E-state index < -0.39 is 0 Å². The molecule has 0 atom stereocenters. The van der Waals surface area contributed by atoms with Crippen LogP contribution in [0.2, 0.25) is 0 Å². The first-order valence-electron chi connectivity index (χ1n) is 6.39. The molecule has 1 aliphatic heterocycles. The number of amides is 1. The van der Waals surface area contributed by atoms with E-state index >= 15 is 0 Å². The maximum Gasteiger partial charge on any atom is 0.263 e. The van der Waals surface area contributed by atoms with Crippen LogP contribution in [0.3, 0.4) is 0 Å². The van der Waals surface area contributed by atoms with Gasteiger partial charge in [-0.3, -0.25) is 4.79 Å². The van der Waals surface area contributed by atoms with Gasteiger partial charge in [0.15, 0.2) is 0 Å². The summed E-state index contributed by atoms with van der Waals surface area (Å²) in [5.74, 6) is -0.0679. The van der Waals surface area contributed by atoms with Gasteiger partial charge in [0.05, 0.1) is 10.6 Å². The summed E-state index contributed by atoms with van der Waals surface area (Å²) < 4.78 is 0. The number of hydrogen-bond donors (Lipinski definition) is 3. The molecule has 1 amide bonds. The van der Waals surface area contributed by atoms with Crippen LogP contribution in [0, 0.1) is 0 Å². The first kappa shape index (κ1) is 14.5. The number of nitrogen functional groups attached to an aromatic ring is 1. The van der Waals surface area contributed by atoms with Gasteiger partial charge in [-0.05, 0) is 13.2 Å². The fourth-order valence-corrected chi connectivity index (χ4v) is 4.25. The Bertz CT molecular complexity index is 455. The number of carbonyl (C=O) groups is 1. The van der Waals surface area contributed by atoms with E-state index in [1.165, 1.54) is 11.3 Å². The van der Waals surface area contributed by atoms with Crippen molar-refractivity contribution in [1.82, 2.24) is 10.6 Å². The third-order valence-corrected chi connectivity index (χ3v) is 5.25. The molecule has 4 N–H and O–H groups in total. The zero-order chi connectivity index (χ0) is 13.8. The summed E-state index contributed by atoms with van der Waals surface area (Å²) in [6.45, 7) is 6.40. The molecule has 1 aromatic heterocycles. The molecule has 1 fully saturated rings. The lowest BCUT2D eigenvalue weighted by Crippen LogP contribution is -2.43. The fourth-order valence-electron chi connectivity index (χ4n) is 2.10. The molecule has 0 aliphatic carbocycles. The maximum absolute atomic E-state index is 12.0. The molecule has 0 spiro atoms. The second-order valence-electron chi connectivity index (χ2n) is 4.28. The quantitative estimate of drug-likeness (QED) is 0.729. The van der Waals surface area contributed by atoms with Crippen molar-refractivity contribution in [2.45, 2.75) is 11.8 Å². The van der Waals surface area contributed by atoms with E-state index in [1.54, 1.807) is 11.8 Å². The Morgan fingerprint density at radius 2 is 2.21 bits per heavy atom. The Hall–Kier alpha value is -0.920. The Labute approximate surface area is 121 Å². The van der Waals surface area contributed by atoms with Crippen LogP contribution in [0.1, 0.15) is 16.6 Å². The Balaban J connectivity index is 2.32. The molecule has 5 nitrogen and oxygen atoms in total. The van der Waals surface area contributed by atoms with Crippen LogP contribution in [0.4, 0.5) is 10.7 Å². The summed E-state index contributed by atoms with van der Waals surface area (Å²) in [5.41, 5.74) is 6.76. The molecule has 2 heterocycles. The standard InChI is InChI=1S/C12H20N4OS2/c1-3-15-11(17)9-8(13)10(18-2)12(19-9)16-6-4-14-5-7-16/h14H,3-7,13H2,1-2H3,(H,15,17). The van der Waals surface area contributed by atoms with E-state index in [-0.39, 0.29) is 5.91 Å². The monoisotopic (exact) mass is 300 g/mol. The summed E-state index contributed by atoms with van der Waals surface area (Å²) in [5, 5.41) is 7.29. The number of carbonyl (C=O) groups excluding carboxylic acids is 1. The van der Waals surface area contributed by atoms with Crippen molar-refractivity contribution in [1.29, 1.82) is 0 Å². The lowest BCUT2D eigenvalue weighted by molar-refractivity contribution is 0.0960. The number of nitrogens with one attached hydrogen (secondary N) is 2. The second-order valence-corrected chi connectivity index (χ2v) is 6.10. The van der Waals surface area contributed by atoms with Crippen LogP contribution in [0.5, 0.6) is 0 Å². The molecular formula is C12H20N4OS2. The topological polar surface area (TPSA) is 70.4 Å². The minimum Gasteiger partial charge on any atom is -0.396 e. The Morgan fingerprint density at radius 3 is 2.79 bits per heavy atom. The van der Waals surface area contributed by atoms with Gasteiger partial charge in [0.2, 0.25) is 0 Å². The van der Waals surface area contributed by atoms with E-state index in [4.69, 9.17) is 5.73 Å². The zero-order valence-corrected chi connectivity index (χ0v) is 12.9. The van der Waals surface area contributed by atoms with Gasteiger partial charge in [0.1, 0.15) is 9.88 Å². The number of thioether (sulfide) groups is 1. The van der Waals surface area contributed by atoms with Crippen LogP contribution in [-0.4, -0.2) is 44.9 Å². The van der Waals surface area contributed by atoms with Crippen LogP contribution in [-0.2, 0) is 0 Å². The molecule has 1 aromatic rings. The van der Waals surface area contributed by atoms with Gasteiger partial charge in [-0.1, -0.05) is 0 Å². The van der Waals surface area contributed by atoms with Crippen molar-refractivity contribution >= 4 is 39.7 Å².